The number of hydrogen-bond donors (Lipinski definition) is 0. The third-order valence-corrected chi connectivity index (χ3v) is 6.56. The molecule has 1 aromatic carbocycles. The molecule has 0 bridgehead atoms. The van der Waals surface area contributed by atoms with Gasteiger partial charge in [0.05, 0.1) is 6.61 Å². The molecule has 0 radical (unpaired) electrons. The summed E-state index contributed by atoms with van der Waals surface area (Å²) in [6.07, 6.45) is 24.1. The van der Waals surface area contributed by atoms with Crippen molar-refractivity contribution in [3.8, 4) is 5.75 Å². The number of ether oxygens (including phenoxy) is 1. The first-order chi connectivity index (χ1) is 16.3. The molecule has 0 aliphatic heterocycles. The lowest BCUT2D eigenvalue weighted by Gasteiger charge is -2.08. The third kappa shape index (κ3) is 13.5. The summed E-state index contributed by atoms with van der Waals surface area (Å²) in [5.74, 6) is 0.996. The molecule has 0 fully saturated rings. The molecule has 0 atom stereocenters. The van der Waals surface area contributed by atoms with Crippen LogP contribution in [0.4, 0.5) is 0 Å². The molecule has 2 heteroatoms. The number of unbranched alkanes of at least 4 members (excludes halogenated alkanes) is 12. The fraction of sp³-hybridized carbons (Fsp3) is 0.645. The van der Waals surface area contributed by atoms with Gasteiger partial charge in [-0.15, -0.1) is 0 Å². The molecule has 0 N–H and O–H groups in total. The molecular weight excluding hydrogens is 402 g/mol. The van der Waals surface area contributed by atoms with Gasteiger partial charge in [0, 0.05) is 11.9 Å². The average Bonchev–Trinajstić information content (AvgIpc) is 2.85. The monoisotopic (exact) mass is 451 g/mol. The van der Waals surface area contributed by atoms with Crippen molar-refractivity contribution in [1.82, 2.24) is 4.98 Å². The Morgan fingerprint density at radius 2 is 1.12 bits per heavy atom. The van der Waals surface area contributed by atoms with Gasteiger partial charge in [0.25, 0.3) is 0 Å². The number of aryl methyl sites for hydroxylation is 3. The Hall–Kier alpha value is -1.83. The van der Waals surface area contributed by atoms with Crippen molar-refractivity contribution in [2.24, 2.45) is 0 Å². The SMILES string of the molecule is CCCCCCCCCCc1ccc(CCc2ccc(OCCCCCCCC)cc2)nc1. The molecule has 2 nitrogen and oxygen atoms in total. The summed E-state index contributed by atoms with van der Waals surface area (Å²) >= 11 is 0. The molecule has 33 heavy (non-hydrogen) atoms. The maximum atomic E-state index is 5.90. The van der Waals surface area contributed by atoms with E-state index in [0.29, 0.717) is 0 Å². The van der Waals surface area contributed by atoms with E-state index in [-0.39, 0.29) is 0 Å². The average molecular weight is 452 g/mol. The lowest BCUT2D eigenvalue weighted by molar-refractivity contribution is 0.304. The predicted molar refractivity (Wildman–Crippen MR) is 143 cm³/mol. The van der Waals surface area contributed by atoms with Crippen molar-refractivity contribution in [2.75, 3.05) is 6.61 Å². The van der Waals surface area contributed by atoms with Gasteiger partial charge < -0.3 is 4.74 Å². The highest BCUT2D eigenvalue weighted by atomic mass is 16.5. The number of rotatable bonds is 20. The molecule has 0 saturated heterocycles. The van der Waals surface area contributed by atoms with E-state index in [2.05, 4.69) is 56.4 Å². The quantitative estimate of drug-likeness (QED) is 0.187. The molecular formula is C31H49NO. The first kappa shape index (κ1) is 27.4. The van der Waals surface area contributed by atoms with Crippen molar-refractivity contribution < 1.29 is 4.74 Å². The highest BCUT2D eigenvalue weighted by Crippen LogP contribution is 2.16. The summed E-state index contributed by atoms with van der Waals surface area (Å²) in [6, 6.07) is 13.1. The lowest BCUT2D eigenvalue weighted by Crippen LogP contribution is -1.98. The Morgan fingerprint density at radius 1 is 0.545 bits per heavy atom. The lowest BCUT2D eigenvalue weighted by atomic mass is 10.0. The second kappa shape index (κ2) is 18.6. The van der Waals surface area contributed by atoms with E-state index in [9.17, 15) is 0 Å². The van der Waals surface area contributed by atoms with Crippen molar-refractivity contribution >= 4 is 0 Å². The Morgan fingerprint density at radius 3 is 1.73 bits per heavy atom. The van der Waals surface area contributed by atoms with Crippen LogP contribution in [0.5, 0.6) is 5.75 Å². The number of nitrogens with zero attached hydrogens (tertiary/aromatic N) is 1. The van der Waals surface area contributed by atoms with Crippen molar-refractivity contribution in [3.63, 3.8) is 0 Å². The summed E-state index contributed by atoms with van der Waals surface area (Å²) in [5, 5.41) is 0. The van der Waals surface area contributed by atoms with Gasteiger partial charge in [0.15, 0.2) is 0 Å². The van der Waals surface area contributed by atoms with Gasteiger partial charge in [-0.1, -0.05) is 109 Å². The van der Waals surface area contributed by atoms with Gasteiger partial charge in [-0.3, -0.25) is 4.98 Å². The second-order valence-electron chi connectivity index (χ2n) is 9.64. The smallest absolute Gasteiger partial charge is 0.119 e. The molecule has 1 aromatic heterocycles. The molecule has 0 aliphatic carbocycles. The van der Waals surface area contributed by atoms with Gasteiger partial charge in [0.1, 0.15) is 5.75 Å². The maximum absolute atomic E-state index is 5.90. The van der Waals surface area contributed by atoms with Crippen LogP contribution in [0, 0.1) is 0 Å². The van der Waals surface area contributed by atoms with Gasteiger partial charge >= 0.3 is 0 Å². The number of aromatic nitrogens is 1. The summed E-state index contributed by atoms with van der Waals surface area (Å²) in [6.45, 7) is 5.38. The molecule has 0 unspecified atom stereocenters. The highest BCUT2D eigenvalue weighted by molar-refractivity contribution is 5.28. The largest absolute Gasteiger partial charge is 0.494 e. The van der Waals surface area contributed by atoms with Crippen LogP contribution in [-0.4, -0.2) is 11.6 Å². The first-order valence-corrected chi connectivity index (χ1v) is 14.0. The van der Waals surface area contributed by atoms with E-state index in [1.165, 1.54) is 107 Å². The zero-order valence-corrected chi connectivity index (χ0v) is 21.6. The first-order valence-electron chi connectivity index (χ1n) is 14.0. The summed E-state index contributed by atoms with van der Waals surface area (Å²) in [4.78, 5) is 4.71. The zero-order chi connectivity index (χ0) is 23.4. The van der Waals surface area contributed by atoms with Gasteiger partial charge in [0.2, 0.25) is 0 Å². The van der Waals surface area contributed by atoms with Crippen LogP contribution in [-0.2, 0) is 19.3 Å². The summed E-state index contributed by atoms with van der Waals surface area (Å²) in [7, 11) is 0. The standard InChI is InChI=1S/C31H49NO/c1-3-5-7-9-11-12-13-15-17-29-19-23-30(32-27-29)22-18-28-20-24-31(25-21-28)33-26-16-14-10-8-6-4-2/h19-21,23-25,27H,3-18,22,26H2,1-2H3. The molecule has 0 saturated carbocycles. The van der Waals surface area contributed by atoms with Crippen molar-refractivity contribution in [2.45, 2.75) is 123 Å². The minimum atomic E-state index is 0.834. The van der Waals surface area contributed by atoms with E-state index in [0.717, 1.165) is 31.6 Å². The van der Waals surface area contributed by atoms with Gasteiger partial charge in [-0.25, -0.2) is 0 Å². The maximum Gasteiger partial charge on any atom is 0.119 e. The Kier molecular flexibility index (Phi) is 15.4. The molecule has 2 rings (SSSR count). The molecule has 0 amide bonds. The molecule has 184 valence electrons. The Balaban J connectivity index is 1.56. The van der Waals surface area contributed by atoms with Crippen molar-refractivity contribution in [3.05, 3.63) is 59.4 Å². The zero-order valence-electron chi connectivity index (χ0n) is 21.6. The normalized spacial score (nSPS) is 11.1. The van der Waals surface area contributed by atoms with Gasteiger partial charge in [-0.05, 0) is 61.4 Å². The fourth-order valence-electron chi connectivity index (χ4n) is 4.31. The van der Waals surface area contributed by atoms with Crippen LogP contribution >= 0.6 is 0 Å². The summed E-state index contributed by atoms with van der Waals surface area (Å²) in [5.41, 5.74) is 3.93. The van der Waals surface area contributed by atoms with Crippen LogP contribution in [0.25, 0.3) is 0 Å². The molecule has 2 aromatic rings. The minimum absolute atomic E-state index is 0.834. The third-order valence-electron chi connectivity index (χ3n) is 6.56. The number of benzene rings is 1. The van der Waals surface area contributed by atoms with Crippen LogP contribution in [0.15, 0.2) is 42.6 Å². The molecule has 0 aliphatic rings. The minimum Gasteiger partial charge on any atom is -0.494 e. The molecule has 0 spiro atoms. The Bertz CT molecular complexity index is 692. The van der Waals surface area contributed by atoms with Crippen LogP contribution in [0.2, 0.25) is 0 Å². The van der Waals surface area contributed by atoms with E-state index >= 15 is 0 Å². The van der Waals surface area contributed by atoms with Crippen molar-refractivity contribution in [1.29, 1.82) is 0 Å². The highest BCUT2D eigenvalue weighted by Gasteiger charge is 2.01. The predicted octanol–water partition coefficient (Wildman–Crippen LogP) is 9.29. The van der Waals surface area contributed by atoms with Crippen LogP contribution < -0.4 is 4.74 Å². The Labute approximate surface area is 204 Å². The second-order valence-corrected chi connectivity index (χ2v) is 9.64. The van der Waals surface area contributed by atoms with E-state index in [1.807, 2.05) is 0 Å². The van der Waals surface area contributed by atoms with Gasteiger partial charge in [-0.2, -0.15) is 0 Å². The van der Waals surface area contributed by atoms with E-state index < -0.39 is 0 Å². The van der Waals surface area contributed by atoms with Crippen LogP contribution in [0.3, 0.4) is 0 Å². The topological polar surface area (TPSA) is 22.1 Å². The fourth-order valence-corrected chi connectivity index (χ4v) is 4.31. The summed E-state index contributed by atoms with van der Waals surface area (Å²) < 4.78 is 5.90. The number of hydrogen-bond acceptors (Lipinski definition) is 2. The van der Waals surface area contributed by atoms with E-state index in [1.54, 1.807) is 0 Å². The van der Waals surface area contributed by atoms with E-state index in [4.69, 9.17) is 9.72 Å². The number of pyridine rings is 1. The van der Waals surface area contributed by atoms with Crippen LogP contribution in [0.1, 0.15) is 121 Å². The molecule has 1 heterocycles.